The first kappa shape index (κ1) is 28.5. The highest BCUT2D eigenvalue weighted by Gasteiger charge is 2.32. The van der Waals surface area contributed by atoms with Crippen molar-refractivity contribution in [2.75, 3.05) is 14.2 Å². The minimum absolute atomic E-state index is 0.104. The van der Waals surface area contributed by atoms with Gasteiger partial charge in [0.2, 0.25) is 11.8 Å². The number of carbonyl (C=O) groups is 2. The molecule has 206 valence electrons. The third-order valence-corrected chi connectivity index (χ3v) is 7.72. The van der Waals surface area contributed by atoms with Crippen LogP contribution in [0.3, 0.4) is 0 Å². The van der Waals surface area contributed by atoms with Crippen LogP contribution in [-0.2, 0) is 29.0 Å². The van der Waals surface area contributed by atoms with Gasteiger partial charge in [-0.05, 0) is 54.2 Å². The van der Waals surface area contributed by atoms with Crippen LogP contribution in [0.2, 0.25) is 5.02 Å². The van der Waals surface area contributed by atoms with Crippen LogP contribution in [0.15, 0.2) is 72.8 Å². The maximum Gasteiger partial charge on any atom is 0.243 e. The molecule has 1 saturated carbocycles. The van der Waals surface area contributed by atoms with E-state index in [4.69, 9.17) is 21.1 Å². The summed E-state index contributed by atoms with van der Waals surface area (Å²) in [7, 11) is 3.19. The van der Waals surface area contributed by atoms with Crippen molar-refractivity contribution < 1.29 is 19.1 Å². The van der Waals surface area contributed by atoms with Gasteiger partial charge in [0.15, 0.2) is 11.5 Å². The molecule has 0 radical (unpaired) electrons. The van der Waals surface area contributed by atoms with E-state index in [2.05, 4.69) is 5.32 Å². The average molecular weight is 549 g/mol. The zero-order chi connectivity index (χ0) is 27.6. The molecule has 1 fully saturated rings. The molecule has 6 nitrogen and oxygen atoms in total. The summed E-state index contributed by atoms with van der Waals surface area (Å²) in [4.78, 5) is 29.4. The molecule has 7 heteroatoms. The summed E-state index contributed by atoms with van der Waals surface area (Å²) in [5, 5.41) is 3.81. The number of halogens is 1. The molecule has 3 aromatic rings. The summed E-state index contributed by atoms with van der Waals surface area (Å²) in [5.74, 6) is 1.04. The lowest BCUT2D eigenvalue weighted by molar-refractivity contribution is -0.141. The quantitative estimate of drug-likeness (QED) is 0.302. The van der Waals surface area contributed by atoms with E-state index in [0.717, 1.165) is 42.4 Å². The predicted molar refractivity (Wildman–Crippen MR) is 154 cm³/mol. The Kier molecular flexibility index (Phi) is 10.3. The number of hydrogen-bond donors (Lipinski definition) is 1. The molecule has 0 aromatic heterocycles. The van der Waals surface area contributed by atoms with E-state index in [0.29, 0.717) is 29.4 Å². The Labute approximate surface area is 236 Å². The second-order valence-corrected chi connectivity index (χ2v) is 10.4. The molecule has 3 aromatic carbocycles. The third-order valence-electron chi connectivity index (χ3n) is 7.35. The van der Waals surface area contributed by atoms with Crippen LogP contribution in [0.1, 0.15) is 48.8 Å². The first-order valence-corrected chi connectivity index (χ1v) is 13.9. The number of aryl methyl sites for hydroxylation is 1. The van der Waals surface area contributed by atoms with Crippen molar-refractivity contribution in [1.82, 2.24) is 10.2 Å². The summed E-state index contributed by atoms with van der Waals surface area (Å²) in [6.45, 7) is 0.250. The summed E-state index contributed by atoms with van der Waals surface area (Å²) in [5.41, 5.74) is 2.76. The van der Waals surface area contributed by atoms with E-state index in [9.17, 15) is 9.59 Å². The number of benzene rings is 3. The molecular formula is C32H37ClN2O4. The Morgan fingerprint density at radius 2 is 1.62 bits per heavy atom. The lowest BCUT2D eigenvalue weighted by Gasteiger charge is -2.32. The van der Waals surface area contributed by atoms with Gasteiger partial charge >= 0.3 is 0 Å². The number of nitrogens with one attached hydrogen (secondary N) is 1. The van der Waals surface area contributed by atoms with Crippen molar-refractivity contribution in [3.63, 3.8) is 0 Å². The molecular weight excluding hydrogens is 512 g/mol. The van der Waals surface area contributed by atoms with Crippen molar-refractivity contribution in [2.45, 2.75) is 63.6 Å². The van der Waals surface area contributed by atoms with Crippen molar-refractivity contribution in [3.05, 3.63) is 94.5 Å². The number of nitrogens with zero attached hydrogens (tertiary/aromatic N) is 1. The molecule has 1 N–H and O–H groups in total. The van der Waals surface area contributed by atoms with Gasteiger partial charge in [-0.25, -0.2) is 0 Å². The second kappa shape index (κ2) is 14.0. The highest BCUT2D eigenvalue weighted by Crippen LogP contribution is 2.28. The Balaban J connectivity index is 1.61. The SMILES string of the molecule is COc1ccc(CCC(=O)N(Cc2ccccc2Cl)[C@H](Cc2ccccc2)C(=O)NC2CCCC2)cc1OC. The number of carbonyl (C=O) groups excluding carboxylic acids is 2. The molecule has 0 spiro atoms. The predicted octanol–water partition coefficient (Wildman–Crippen LogP) is 5.99. The third kappa shape index (κ3) is 7.76. The Bertz CT molecular complexity index is 1240. The number of rotatable bonds is 12. The fourth-order valence-electron chi connectivity index (χ4n) is 5.16. The lowest BCUT2D eigenvalue weighted by atomic mass is 10.0. The average Bonchev–Trinajstić information content (AvgIpc) is 3.47. The Hall–Kier alpha value is -3.51. The molecule has 2 amide bonds. The fraction of sp³-hybridized carbons (Fsp3) is 0.375. The van der Waals surface area contributed by atoms with E-state index >= 15 is 0 Å². The van der Waals surface area contributed by atoms with E-state index in [1.54, 1.807) is 19.1 Å². The molecule has 1 aliphatic rings. The molecule has 1 aliphatic carbocycles. The molecule has 0 unspecified atom stereocenters. The largest absolute Gasteiger partial charge is 0.493 e. The number of hydrogen-bond acceptors (Lipinski definition) is 4. The van der Waals surface area contributed by atoms with Crippen LogP contribution in [0.4, 0.5) is 0 Å². The molecule has 4 rings (SSSR count). The van der Waals surface area contributed by atoms with E-state index in [1.807, 2.05) is 72.8 Å². The topological polar surface area (TPSA) is 67.9 Å². The van der Waals surface area contributed by atoms with Crippen LogP contribution >= 0.6 is 11.6 Å². The van der Waals surface area contributed by atoms with Gasteiger partial charge in [0.1, 0.15) is 6.04 Å². The van der Waals surface area contributed by atoms with Gasteiger partial charge in [0, 0.05) is 30.5 Å². The van der Waals surface area contributed by atoms with Crippen LogP contribution in [0.5, 0.6) is 11.5 Å². The minimum atomic E-state index is -0.665. The lowest BCUT2D eigenvalue weighted by Crippen LogP contribution is -2.52. The zero-order valence-electron chi connectivity index (χ0n) is 22.7. The van der Waals surface area contributed by atoms with Gasteiger partial charge < -0.3 is 19.7 Å². The van der Waals surface area contributed by atoms with Gasteiger partial charge in [-0.15, -0.1) is 0 Å². The molecule has 0 heterocycles. The van der Waals surface area contributed by atoms with Crippen LogP contribution < -0.4 is 14.8 Å². The van der Waals surface area contributed by atoms with E-state index < -0.39 is 6.04 Å². The second-order valence-electron chi connectivity index (χ2n) is 10.00. The van der Waals surface area contributed by atoms with Gasteiger partial charge in [-0.3, -0.25) is 9.59 Å². The molecule has 1 atom stereocenters. The summed E-state index contributed by atoms with van der Waals surface area (Å²) in [6, 6.07) is 22.5. The standard InChI is InChI=1S/C32H37ClN2O4/c1-38-29-18-16-24(21-30(29)39-2)17-19-31(36)35(22-25-12-6-9-15-27(25)33)28(20-23-10-4-3-5-11-23)32(37)34-26-13-7-8-14-26/h3-6,9-12,15-16,18,21,26,28H,7-8,13-14,17,19-20,22H2,1-2H3,(H,34,37)/t28-/m1/s1. The monoisotopic (exact) mass is 548 g/mol. The zero-order valence-corrected chi connectivity index (χ0v) is 23.5. The molecule has 0 bridgehead atoms. The summed E-state index contributed by atoms with van der Waals surface area (Å²) in [6.07, 6.45) is 5.33. The summed E-state index contributed by atoms with van der Waals surface area (Å²) < 4.78 is 10.8. The van der Waals surface area contributed by atoms with Crippen molar-refractivity contribution in [3.8, 4) is 11.5 Å². The van der Waals surface area contributed by atoms with E-state index in [-0.39, 0.29) is 30.8 Å². The first-order valence-electron chi connectivity index (χ1n) is 13.6. The van der Waals surface area contributed by atoms with Gasteiger partial charge in [-0.1, -0.05) is 79.0 Å². The highest BCUT2D eigenvalue weighted by molar-refractivity contribution is 6.31. The highest BCUT2D eigenvalue weighted by atomic mass is 35.5. The fourth-order valence-corrected chi connectivity index (χ4v) is 5.36. The molecule has 0 saturated heterocycles. The maximum absolute atomic E-state index is 13.9. The van der Waals surface area contributed by atoms with E-state index in [1.165, 1.54) is 0 Å². The minimum Gasteiger partial charge on any atom is -0.493 e. The Morgan fingerprint density at radius 1 is 0.923 bits per heavy atom. The van der Waals surface area contributed by atoms with Crippen LogP contribution in [-0.4, -0.2) is 43.0 Å². The number of methoxy groups -OCH3 is 2. The maximum atomic E-state index is 13.9. The number of ether oxygens (including phenoxy) is 2. The molecule has 0 aliphatic heterocycles. The Morgan fingerprint density at radius 3 is 2.31 bits per heavy atom. The molecule has 39 heavy (non-hydrogen) atoms. The van der Waals surface area contributed by atoms with Gasteiger partial charge in [0.25, 0.3) is 0 Å². The summed E-state index contributed by atoms with van der Waals surface area (Å²) >= 11 is 6.53. The normalized spacial score (nSPS) is 14.0. The number of amides is 2. The smallest absolute Gasteiger partial charge is 0.243 e. The van der Waals surface area contributed by atoms with Crippen LogP contribution in [0.25, 0.3) is 0 Å². The van der Waals surface area contributed by atoms with Gasteiger partial charge in [0.05, 0.1) is 14.2 Å². The van der Waals surface area contributed by atoms with Crippen molar-refractivity contribution in [2.24, 2.45) is 0 Å². The van der Waals surface area contributed by atoms with Crippen molar-refractivity contribution in [1.29, 1.82) is 0 Å². The van der Waals surface area contributed by atoms with Crippen LogP contribution in [0, 0.1) is 0 Å². The van der Waals surface area contributed by atoms with Gasteiger partial charge in [-0.2, -0.15) is 0 Å². The first-order chi connectivity index (χ1) is 19.0. The van der Waals surface area contributed by atoms with Crippen molar-refractivity contribution >= 4 is 23.4 Å².